The molecule has 1 aliphatic heterocycles. The van der Waals surface area contributed by atoms with Gasteiger partial charge in [-0.1, -0.05) is 30.3 Å². The minimum absolute atomic E-state index is 0.0842. The summed E-state index contributed by atoms with van der Waals surface area (Å²) in [7, 11) is 0. The number of nitrogens with one attached hydrogen (secondary N) is 2. The van der Waals surface area contributed by atoms with Crippen molar-refractivity contribution in [2.75, 3.05) is 0 Å². The first-order valence-corrected chi connectivity index (χ1v) is 8.18. The van der Waals surface area contributed by atoms with Crippen LogP contribution in [0.1, 0.15) is 40.2 Å². The molecule has 1 fully saturated rings. The molecular formula is C20H24N2O2. The van der Waals surface area contributed by atoms with Gasteiger partial charge in [-0.05, 0) is 57.7 Å². The minimum Gasteiger partial charge on any atom is -0.488 e. The first-order valence-electron chi connectivity index (χ1n) is 8.18. The van der Waals surface area contributed by atoms with E-state index in [1.165, 1.54) is 0 Å². The minimum atomic E-state index is -0.404. The molecule has 2 N–H and O–H groups in total. The Balaban J connectivity index is 2.14. The van der Waals surface area contributed by atoms with Crippen molar-refractivity contribution in [1.82, 2.24) is 10.9 Å². The number of amides is 1. The summed E-state index contributed by atoms with van der Waals surface area (Å²) in [5.74, 6) is 0.771. The molecule has 0 bridgehead atoms. The van der Waals surface area contributed by atoms with E-state index in [4.69, 9.17) is 4.74 Å². The summed E-state index contributed by atoms with van der Waals surface area (Å²) < 4.78 is 6.09. The second-order valence-electron chi connectivity index (χ2n) is 7.68. The van der Waals surface area contributed by atoms with Crippen molar-refractivity contribution in [2.45, 2.75) is 45.8 Å². The fourth-order valence-corrected chi connectivity index (χ4v) is 2.88. The molecule has 1 heterocycles. The summed E-state index contributed by atoms with van der Waals surface area (Å²) >= 11 is 0. The third kappa shape index (κ3) is 3.15. The number of benzene rings is 2. The van der Waals surface area contributed by atoms with Crippen molar-refractivity contribution in [3.63, 3.8) is 0 Å². The lowest BCUT2D eigenvalue weighted by Gasteiger charge is -2.22. The van der Waals surface area contributed by atoms with E-state index in [1.807, 2.05) is 65.0 Å². The zero-order chi connectivity index (χ0) is 17.5. The molecule has 0 unspecified atom stereocenters. The molecule has 2 aromatic rings. The lowest BCUT2D eigenvalue weighted by atomic mass is 9.92. The second-order valence-corrected chi connectivity index (χ2v) is 7.68. The van der Waals surface area contributed by atoms with Crippen LogP contribution in [0.2, 0.25) is 0 Å². The Morgan fingerprint density at radius 1 is 1.04 bits per heavy atom. The van der Waals surface area contributed by atoms with Crippen LogP contribution < -0.4 is 15.6 Å². The van der Waals surface area contributed by atoms with Crippen LogP contribution in [0, 0.1) is 0 Å². The standard InChI is InChI=1S/C20H24N2O2/c1-19(2,3)24-17-11-7-9-14-13(8-6-10-15(14)17)12-16-18(23)21-22-20(16,4)5/h6-12,22H,1-5H3,(H,21,23)/b16-12+. The summed E-state index contributed by atoms with van der Waals surface area (Å²) in [5.41, 5.74) is 6.76. The molecule has 1 amide bonds. The van der Waals surface area contributed by atoms with Crippen molar-refractivity contribution in [3.8, 4) is 5.75 Å². The third-order valence-corrected chi connectivity index (χ3v) is 4.04. The molecule has 1 saturated heterocycles. The van der Waals surface area contributed by atoms with Gasteiger partial charge in [0.1, 0.15) is 11.4 Å². The number of carbonyl (C=O) groups is 1. The fraction of sp³-hybridized carbons (Fsp3) is 0.350. The third-order valence-electron chi connectivity index (χ3n) is 4.04. The van der Waals surface area contributed by atoms with Gasteiger partial charge < -0.3 is 4.74 Å². The predicted molar refractivity (Wildman–Crippen MR) is 97.7 cm³/mol. The average Bonchev–Trinajstić information content (AvgIpc) is 2.73. The normalized spacial score (nSPS) is 18.9. The second kappa shape index (κ2) is 5.64. The topological polar surface area (TPSA) is 50.4 Å². The smallest absolute Gasteiger partial charge is 0.263 e. The highest BCUT2D eigenvalue weighted by Crippen LogP contribution is 2.32. The van der Waals surface area contributed by atoms with Gasteiger partial charge in [-0.3, -0.25) is 10.2 Å². The Morgan fingerprint density at radius 3 is 2.33 bits per heavy atom. The van der Waals surface area contributed by atoms with Gasteiger partial charge in [0.15, 0.2) is 0 Å². The van der Waals surface area contributed by atoms with Crippen molar-refractivity contribution in [1.29, 1.82) is 0 Å². The van der Waals surface area contributed by atoms with E-state index in [-0.39, 0.29) is 11.5 Å². The summed E-state index contributed by atoms with van der Waals surface area (Å²) in [6.45, 7) is 10.1. The molecular weight excluding hydrogens is 300 g/mol. The zero-order valence-electron chi connectivity index (χ0n) is 14.9. The van der Waals surface area contributed by atoms with Crippen LogP contribution in [0.25, 0.3) is 16.8 Å². The molecule has 2 aromatic carbocycles. The van der Waals surface area contributed by atoms with Crippen LogP contribution in [0.5, 0.6) is 5.75 Å². The fourth-order valence-electron chi connectivity index (χ4n) is 2.88. The number of carbonyl (C=O) groups excluding carboxylic acids is 1. The molecule has 4 nitrogen and oxygen atoms in total. The predicted octanol–water partition coefficient (Wildman–Crippen LogP) is 3.81. The molecule has 0 radical (unpaired) electrons. The van der Waals surface area contributed by atoms with E-state index in [2.05, 4.69) is 23.0 Å². The highest BCUT2D eigenvalue weighted by Gasteiger charge is 2.35. The van der Waals surface area contributed by atoms with Gasteiger partial charge in [-0.2, -0.15) is 0 Å². The van der Waals surface area contributed by atoms with Crippen molar-refractivity contribution < 1.29 is 9.53 Å². The van der Waals surface area contributed by atoms with Crippen LogP contribution in [-0.4, -0.2) is 17.0 Å². The maximum absolute atomic E-state index is 12.1. The maximum atomic E-state index is 12.1. The molecule has 0 spiro atoms. The molecule has 0 aromatic heterocycles. The van der Waals surface area contributed by atoms with E-state index in [9.17, 15) is 4.79 Å². The number of fused-ring (bicyclic) bond motifs is 1. The molecule has 4 heteroatoms. The van der Waals surface area contributed by atoms with Gasteiger partial charge in [0.2, 0.25) is 0 Å². The van der Waals surface area contributed by atoms with E-state index in [0.717, 1.165) is 27.7 Å². The Kier molecular flexibility index (Phi) is 3.88. The quantitative estimate of drug-likeness (QED) is 0.826. The van der Waals surface area contributed by atoms with Gasteiger partial charge >= 0.3 is 0 Å². The Hall–Kier alpha value is -2.33. The lowest BCUT2D eigenvalue weighted by molar-refractivity contribution is -0.116. The SMILES string of the molecule is CC(C)(C)Oc1cccc2c(/C=C3\C(=O)NNC3(C)C)cccc12. The average molecular weight is 324 g/mol. The number of ether oxygens (including phenoxy) is 1. The van der Waals surface area contributed by atoms with E-state index >= 15 is 0 Å². The first kappa shape index (κ1) is 16.5. The Labute approximate surface area is 142 Å². The van der Waals surface area contributed by atoms with Gasteiger partial charge in [-0.15, -0.1) is 0 Å². The van der Waals surface area contributed by atoms with Gasteiger partial charge in [0, 0.05) is 11.0 Å². The molecule has 0 atom stereocenters. The van der Waals surface area contributed by atoms with Crippen molar-refractivity contribution in [2.24, 2.45) is 0 Å². The van der Waals surface area contributed by atoms with Crippen molar-refractivity contribution >= 4 is 22.8 Å². The monoisotopic (exact) mass is 324 g/mol. The molecule has 24 heavy (non-hydrogen) atoms. The lowest BCUT2D eigenvalue weighted by Crippen LogP contribution is -2.38. The summed E-state index contributed by atoms with van der Waals surface area (Å²) in [4.78, 5) is 12.1. The molecule has 3 rings (SSSR count). The van der Waals surface area contributed by atoms with Crippen LogP contribution in [0.4, 0.5) is 0 Å². The van der Waals surface area contributed by atoms with Gasteiger partial charge in [0.25, 0.3) is 5.91 Å². The zero-order valence-corrected chi connectivity index (χ0v) is 14.9. The molecule has 1 aliphatic rings. The number of hydrazine groups is 1. The van der Waals surface area contributed by atoms with E-state index < -0.39 is 5.54 Å². The number of hydrogen-bond donors (Lipinski definition) is 2. The number of hydrogen-bond acceptors (Lipinski definition) is 3. The van der Waals surface area contributed by atoms with Gasteiger partial charge in [-0.25, -0.2) is 5.43 Å². The van der Waals surface area contributed by atoms with Crippen LogP contribution in [0.15, 0.2) is 42.0 Å². The van der Waals surface area contributed by atoms with Crippen LogP contribution in [-0.2, 0) is 4.79 Å². The van der Waals surface area contributed by atoms with Crippen molar-refractivity contribution in [3.05, 3.63) is 47.5 Å². The Morgan fingerprint density at radius 2 is 1.71 bits per heavy atom. The molecule has 0 saturated carbocycles. The highest BCUT2D eigenvalue weighted by molar-refractivity contribution is 6.04. The van der Waals surface area contributed by atoms with E-state index in [1.54, 1.807) is 0 Å². The highest BCUT2D eigenvalue weighted by atomic mass is 16.5. The summed E-state index contributed by atoms with van der Waals surface area (Å²) in [5, 5.41) is 2.12. The Bertz CT molecular complexity index is 829. The maximum Gasteiger partial charge on any atom is 0.263 e. The molecule has 0 aliphatic carbocycles. The largest absolute Gasteiger partial charge is 0.488 e. The molecule has 126 valence electrons. The summed E-state index contributed by atoms with van der Waals surface area (Å²) in [6.07, 6.45) is 1.96. The summed E-state index contributed by atoms with van der Waals surface area (Å²) in [6, 6.07) is 12.1. The number of rotatable bonds is 2. The van der Waals surface area contributed by atoms with E-state index in [0.29, 0.717) is 0 Å². The van der Waals surface area contributed by atoms with Crippen LogP contribution >= 0.6 is 0 Å². The first-order chi connectivity index (χ1) is 11.2. The van der Waals surface area contributed by atoms with Crippen LogP contribution in [0.3, 0.4) is 0 Å². The van der Waals surface area contributed by atoms with Gasteiger partial charge in [0.05, 0.1) is 5.54 Å².